The average Bonchev–Trinajstić information content (AvgIpc) is 3.96. The standard InChI is InChI=1S/C43H75O14P/c1-3-5-7-9-11-12-13-14-15-16-17-21-25-29-36(44)53-31-33(32-54-58(51,52)57-43-41(49)39(47)38(46)40(48)42(43)50)55-37(45)30-26-22-18-20-24-28-35-34(56-35)27-23-19-10-8-6-4-2/h7,9,12-13,19,23,33-35,38-43,46-50H,3-6,8,10-11,14-18,20-22,24-32H2,1-2H3,(H,51,52)/b9-7-,13-12-,23-19-/t33-,34?,35?,38?,39-,40+,41-,42-,43?/m1/s1. The minimum Gasteiger partial charge on any atom is -0.462 e. The monoisotopic (exact) mass is 846 g/mol. The largest absolute Gasteiger partial charge is 0.472 e. The summed E-state index contributed by atoms with van der Waals surface area (Å²) in [6.45, 7) is 3.15. The van der Waals surface area contributed by atoms with E-state index in [1.807, 2.05) is 0 Å². The van der Waals surface area contributed by atoms with Gasteiger partial charge in [0.2, 0.25) is 0 Å². The third-order valence-electron chi connectivity index (χ3n) is 10.4. The molecule has 0 spiro atoms. The van der Waals surface area contributed by atoms with Crippen LogP contribution in [0.15, 0.2) is 36.5 Å². The van der Waals surface area contributed by atoms with Crippen molar-refractivity contribution in [2.24, 2.45) is 0 Å². The van der Waals surface area contributed by atoms with Crippen molar-refractivity contribution in [3.63, 3.8) is 0 Å². The second-order valence-electron chi connectivity index (χ2n) is 15.6. The van der Waals surface area contributed by atoms with Crippen molar-refractivity contribution in [3.05, 3.63) is 36.5 Å². The van der Waals surface area contributed by atoms with Gasteiger partial charge >= 0.3 is 19.8 Å². The molecule has 15 heteroatoms. The number of aliphatic hydroxyl groups is 5. The number of rotatable bonds is 34. The van der Waals surface area contributed by atoms with Crippen molar-refractivity contribution in [2.45, 2.75) is 210 Å². The van der Waals surface area contributed by atoms with Crippen LogP contribution >= 0.6 is 7.82 Å². The number of carbonyl (C=O) groups excluding carboxylic acids is 2. The van der Waals surface area contributed by atoms with Crippen molar-refractivity contribution >= 4 is 19.8 Å². The molecule has 0 bridgehead atoms. The van der Waals surface area contributed by atoms with Crippen LogP contribution in [-0.4, -0.2) is 111 Å². The van der Waals surface area contributed by atoms with E-state index in [2.05, 4.69) is 50.3 Å². The van der Waals surface area contributed by atoms with E-state index >= 15 is 0 Å². The molecule has 58 heavy (non-hydrogen) atoms. The number of hydrogen-bond donors (Lipinski definition) is 6. The summed E-state index contributed by atoms with van der Waals surface area (Å²) >= 11 is 0. The molecule has 6 N–H and O–H groups in total. The number of phosphoric ester groups is 1. The van der Waals surface area contributed by atoms with Crippen LogP contribution in [0.1, 0.15) is 155 Å². The Kier molecular flexibility index (Phi) is 27.9. The molecule has 1 heterocycles. The summed E-state index contributed by atoms with van der Waals surface area (Å²) in [4.78, 5) is 35.7. The fourth-order valence-corrected chi connectivity index (χ4v) is 7.66. The summed E-state index contributed by atoms with van der Waals surface area (Å²) in [6.07, 6.45) is 20.8. The van der Waals surface area contributed by atoms with E-state index < -0.39 is 75.7 Å². The van der Waals surface area contributed by atoms with Gasteiger partial charge in [0, 0.05) is 12.8 Å². The second kappa shape index (κ2) is 31.0. The van der Waals surface area contributed by atoms with E-state index in [0.717, 1.165) is 96.3 Å². The maximum Gasteiger partial charge on any atom is 0.472 e. The van der Waals surface area contributed by atoms with Gasteiger partial charge in [0.25, 0.3) is 0 Å². The smallest absolute Gasteiger partial charge is 0.462 e. The summed E-state index contributed by atoms with van der Waals surface area (Å²) in [6, 6.07) is 0. The summed E-state index contributed by atoms with van der Waals surface area (Å²) in [5.41, 5.74) is 0. The van der Waals surface area contributed by atoms with E-state index in [1.54, 1.807) is 0 Å². The third kappa shape index (κ3) is 23.1. The van der Waals surface area contributed by atoms with Crippen LogP contribution in [0.25, 0.3) is 0 Å². The number of epoxide rings is 1. The highest BCUT2D eigenvalue weighted by atomic mass is 31.2. The van der Waals surface area contributed by atoms with Gasteiger partial charge in [0.05, 0.1) is 18.8 Å². The predicted molar refractivity (Wildman–Crippen MR) is 221 cm³/mol. The van der Waals surface area contributed by atoms with Gasteiger partial charge in [-0.15, -0.1) is 0 Å². The van der Waals surface area contributed by atoms with Gasteiger partial charge in [-0.2, -0.15) is 0 Å². The van der Waals surface area contributed by atoms with Crippen molar-refractivity contribution in [2.75, 3.05) is 13.2 Å². The SMILES string of the molecule is CCC/C=C\C/C=C\CCCCCCCC(=O)OC[C@H](COP(=O)(O)OC1[C@H](O)[C@H](O)C(O)[C@H](O)[C@H]1O)OC(=O)CCCCCCCC1OC1C/C=C\CCCCC. The molecule has 1 saturated heterocycles. The van der Waals surface area contributed by atoms with Gasteiger partial charge in [-0.3, -0.25) is 18.6 Å². The molecule has 0 amide bonds. The number of hydrogen-bond acceptors (Lipinski definition) is 13. The van der Waals surface area contributed by atoms with Gasteiger partial charge in [-0.1, -0.05) is 115 Å². The van der Waals surface area contributed by atoms with E-state index in [1.165, 1.54) is 19.3 Å². The molecule has 2 rings (SSSR count). The molecule has 10 atom stereocenters. The Morgan fingerprint density at radius 1 is 0.621 bits per heavy atom. The summed E-state index contributed by atoms with van der Waals surface area (Å²) in [7, 11) is -5.13. The summed E-state index contributed by atoms with van der Waals surface area (Å²) in [5.74, 6) is -1.14. The van der Waals surface area contributed by atoms with Crippen LogP contribution in [0.4, 0.5) is 0 Å². The molecule has 2 fully saturated rings. The number of unbranched alkanes of at least 4 members (excludes halogenated alkanes) is 13. The Bertz CT molecular complexity index is 1230. The molecule has 0 aromatic heterocycles. The van der Waals surface area contributed by atoms with Crippen molar-refractivity contribution < 1.29 is 67.8 Å². The molecule has 1 aliphatic heterocycles. The number of allylic oxidation sites excluding steroid dienone is 5. The molecular weight excluding hydrogens is 771 g/mol. The van der Waals surface area contributed by atoms with Gasteiger partial charge in [0.15, 0.2) is 6.10 Å². The molecule has 336 valence electrons. The first kappa shape index (κ1) is 52.2. The van der Waals surface area contributed by atoms with Crippen molar-refractivity contribution in [3.8, 4) is 0 Å². The molecule has 0 aromatic rings. The van der Waals surface area contributed by atoms with Gasteiger partial charge in [0.1, 0.15) is 43.2 Å². The fraction of sp³-hybridized carbons (Fsp3) is 0.814. The highest BCUT2D eigenvalue weighted by Gasteiger charge is 2.51. The van der Waals surface area contributed by atoms with Crippen LogP contribution in [0.5, 0.6) is 0 Å². The molecule has 14 nitrogen and oxygen atoms in total. The van der Waals surface area contributed by atoms with E-state index in [-0.39, 0.29) is 12.8 Å². The third-order valence-corrected chi connectivity index (χ3v) is 11.3. The lowest BCUT2D eigenvalue weighted by Crippen LogP contribution is -2.64. The highest BCUT2D eigenvalue weighted by molar-refractivity contribution is 7.47. The van der Waals surface area contributed by atoms with Crippen LogP contribution in [0.3, 0.4) is 0 Å². The van der Waals surface area contributed by atoms with E-state index in [0.29, 0.717) is 25.0 Å². The van der Waals surface area contributed by atoms with Crippen LogP contribution in [-0.2, 0) is 37.4 Å². The minimum atomic E-state index is -5.13. The van der Waals surface area contributed by atoms with Gasteiger partial charge < -0.3 is 44.6 Å². The van der Waals surface area contributed by atoms with Crippen LogP contribution in [0, 0.1) is 0 Å². The molecule has 0 radical (unpaired) electrons. The Balaban J connectivity index is 1.74. The second-order valence-corrected chi connectivity index (χ2v) is 17.0. The van der Waals surface area contributed by atoms with Crippen molar-refractivity contribution in [1.29, 1.82) is 0 Å². The Morgan fingerprint density at radius 3 is 1.83 bits per heavy atom. The lowest BCUT2D eigenvalue weighted by Gasteiger charge is -2.41. The number of carbonyl (C=O) groups is 2. The maximum absolute atomic E-state index is 12.8. The first-order chi connectivity index (χ1) is 27.9. The fourth-order valence-electron chi connectivity index (χ4n) is 6.68. The first-order valence-electron chi connectivity index (χ1n) is 21.9. The Labute approximate surface area is 346 Å². The van der Waals surface area contributed by atoms with E-state index in [4.69, 9.17) is 23.3 Å². The highest BCUT2D eigenvalue weighted by Crippen LogP contribution is 2.47. The molecule has 0 aromatic carbocycles. The zero-order valence-corrected chi connectivity index (χ0v) is 35.9. The molecule has 1 saturated carbocycles. The molecule has 2 aliphatic rings. The molecular formula is C43H75O14P. The number of esters is 2. The Hall–Kier alpha value is -1.97. The van der Waals surface area contributed by atoms with E-state index in [9.17, 15) is 44.6 Å². The van der Waals surface area contributed by atoms with Crippen molar-refractivity contribution in [1.82, 2.24) is 0 Å². The molecule has 1 aliphatic carbocycles. The quantitative estimate of drug-likeness (QED) is 0.0129. The topological polar surface area (TPSA) is 222 Å². The summed E-state index contributed by atoms with van der Waals surface area (Å²) in [5, 5.41) is 50.1. The lowest BCUT2D eigenvalue weighted by atomic mass is 9.85. The minimum absolute atomic E-state index is 0.0699. The average molecular weight is 847 g/mol. The normalized spacial score (nSPS) is 26.3. The number of phosphoric acid groups is 1. The Morgan fingerprint density at radius 2 is 1.17 bits per heavy atom. The van der Waals surface area contributed by atoms with Gasteiger partial charge in [-0.05, 0) is 64.2 Å². The predicted octanol–water partition coefficient (Wildman–Crippen LogP) is 6.82. The first-order valence-corrected chi connectivity index (χ1v) is 23.4. The van der Waals surface area contributed by atoms with Crippen LogP contribution in [0.2, 0.25) is 0 Å². The zero-order chi connectivity index (χ0) is 42.6. The lowest BCUT2D eigenvalue weighted by molar-refractivity contribution is -0.220. The zero-order valence-electron chi connectivity index (χ0n) is 35.0. The number of aliphatic hydroxyl groups excluding tert-OH is 5. The van der Waals surface area contributed by atoms with Crippen LogP contribution < -0.4 is 0 Å². The van der Waals surface area contributed by atoms with Gasteiger partial charge in [-0.25, -0.2) is 4.57 Å². The number of ether oxygens (including phenoxy) is 3. The summed E-state index contributed by atoms with van der Waals surface area (Å²) < 4.78 is 39.2. The maximum atomic E-state index is 12.8. The molecule has 5 unspecified atom stereocenters.